The van der Waals surface area contributed by atoms with E-state index >= 15 is 0 Å². The summed E-state index contributed by atoms with van der Waals surface area (Å²) in [5, 5.41) is 18.9. The molecule has 0 radical (unpaired) electrons. The summed E-state index contributed by atoms with van der Waals surface area (Å²) in [6, 6.07) is 20.4. The lowest BCUT2D eigenvalue weighted by Crippen LogP contribution is -2.12. The molecule has 2 aromatic heterocycles. The normalized spacial score (nSPS) is 10.8. The molecule has 162 valence electrons. The van der Waals surface area contributed by atoms with Gasteiger partial charge in [0.25, 0.3) is 5.91 Å². The Morgan fingerprint density at radius 3 is 2.30 bits per heavy atom. The monoisotopic (exact) mass is 437 g/mol. The maximum atomic E-state index is 12.8. The molecule has 0 aliphatic carbocycles. The molecule has 0 bridgehead atoms. The van der Waals surface area contributed by atoms with Gasteiger partial charge in [0.15, 0.2) is 0 Å². The van der Waals surface area contributed by atoms with Crippen molar-refractivity contribution in [3.05, 3.63) is 89.8 Å². The second kappa shape index (κ2) is 8.51. The molecular formula is C25H19N5O3. The number of benzene rings is 3. The number of amides is 1. The Kier molecular flexibility index (Phi) is 5.24. The van der Waals surface area contributed by atoms with E-state index in [1.165, 1.54) is 6.39 Å². The smallest absolute Gasteiger partial charge is 0.255 e. The number of carbonyl (C=O) groups excluding carboxylic acids is 1. The summed E-state index contributed by atoms with van der Waals surface area (Å²) in [4.78, 5) is 12.8. The molecule has 8 heteroatoms. The highest BCUT2D eigenvalue weighted by atomic mass is 16.4. The van der Waals surface area contributed by atoms with Crippen molar-refractivity contribution < 1.29 is 13.6 Å². The van der Waals surface area contributed by atoms with E-state index in [9.17, 15) is 4.79 Å². The van der Waals surface area contributed by atoms with Crippen LogP contribution in [0.25, 0.3) is 34.4 Å². The highest BCUT2D eigenvalue weighted by Gasteiger charge is 2.14. The van der Waals surface area contributed by atoms with E-state index in [0.29, 0.717) is 28.9 Å². The maximum Gasteiger partial charge on any atom is 0.255 e. The van der Waals surface area contributed by atoms with Crippen LogP contribution in [0.4, 0.5) is 5.69 Å². The lowest BCUT2D eigenvalue weighted by molar-refractivity contribution is 0.102. The minimum atomic E-state index is -0.238. The van der Waals surface area contributed by atoms with Crippen LogP contribution in [-0.2, 0) is 0 Å². The molecule has 3 aromatic carbocycles. The molecule has 8 nitrogen and oxygen atoms in total. The van der Waals surface area contributed by atoms with Crippen molar-refractivity contribution in [2.75, 3.05) is 5.32 Å². The van der Waals surface area contributed by atoms with E-state index in [0.717, 1.165) is 27.8 Å². The topological polar surface area (TPSA) is 107 Å². The molecule has 0 saturated carbocycles. The third kappa shape index (κ3) is 4.14. The Balaban J connectivity index is 1.34. The molecule has 0 spiro atoms. The maximum absolute atomic E-state index is 12.8. The predicted octanol–water partition coefficient (Wildman–Crippen LogP) is 5.32. The van der Waals surface area contributed by atoms with Gasteiger partial charge in [-0.1, -0.05) is 24.3 Å². The number of nitrogens with one attached hydrogen (secondary N) is 1. The van der Waals surface area contributed by atoms with Crippen LogP contribution in [0.1, 0.15) is 21.5 Å². The number of carbonyl (C=O) groups is 1. The Morgan fingerprint density at radius 2 is 1.55 bits per heavy atom. The number of rotatable bonds is 5. The third-order valence-electron chi connectivity index (χ3n) is 5.29. The van der Waals surface area contributed by atoms with Crippen molar-refractivity contribution in [3.8, 4) is 34.4 Å². The molecule has 0 aliphatic rings. The highest BCUT2D eigenvalue weighted by Crippen LogP contribution is 2.27. The first-order valence-corrected chi connectivity index (χ1v) is 10.3. The quantitative estimate of drug-likeness (QED) is 0.396. The first-order chi connectivity index (χ1) is 16.1. The van der Waals surface area contributed by atoms with Crippen LogP contribution < -0.4 is 5.32 Å². The third-order valence-corrected chi connectivity index (χ3v) is 5.29. The largest absolute Gasteiger partial charge is 0.423 e. The van der Waals surface area contributed by atoms with Crippen molar-refractivity contribution in [3.63, 3.8) is 0 Å². The molecule has 0 saturated heterocycles. The molecule has 0 unspecified atom stereocenters. The van der Waals surface area contributed by atoms with Crippen molar-refractivity contribution in [1.29, 1.82) is 0 Å². The van der Waals surface area contributed by atoms with Gasteiger partial charge in [0, 0.05) is 27.9 Å². The van der Waals surface area contributed by atoms with Crippen LogP contribution >= 0.6 is 0 Å². The highest BCUT2D eigenvalue weighted by molar-refractivity contribution is 6.05. The summed E-state index contributed by atoms with van der Waals surface area (Å²) in [5.74, 6) is 1.00. The van der Waals surface area contributed by atoms with Crippen LogP contribution in [-0.4, -0.2) is 26.3 Å². The number of aryl methyl sites for hydroxylation is 2. The Morgan fingerprint density at radius 1 is 0.788 bits per heavy atom. The fourth-order valence-corrected chi connectivity index (χ4v) is 3.41. The zero-order valence-corrected chi connectivity index (χ0v) is 17.9. The van der Waals surface area contributed by atoms with Crippen LogP contribution in [0.2, 0.25) is 0 Å². The van der Waals surface area contributed by atoms with Gasteiger partial charge >= 0.3 is 0 Å². The summed E-state index contributed by atoms with van der Waals surface area (Å²) in [6.07, 6.45) is 1.27. The lowest BCUT2D eigenvalue weighted by Gasteiger charge is -2.10. The molecule has 0 fully saturated rings. The zero-order chi connectivity index (χ0) is 22.8. The zero-order valence-electron chi connectivity index (χ0n) is 17.9. The molecule has 5 aromatic rings. The van der Waals surface area contributed by atoms with E-state index in [-0.39, 0.29) is 5.91 Å². The van der Waals surface area contributed by atoms with Gasteiger partial charge < -0.3 is 14.2 Å². The standard InChI is InChI=1S/C25H19N5O3/c1-15-5-3-4-6-20(15)25-30-29-24(33-25)18-11-9-17(10-12-18)22(31)27-21-13-19(8-7-16(21)2)23-28-26-14-32-23/h3-14H,1-2H3,(H,27,31). The Bertz CT molecular complexity index is 1420. The number of hydrogen-bond acceptors (Lipinski definition) is 7. The number of aromatic nitrogens is 4. The van der Waals surface area contributed by atoms with E-state index in [1.807, 2.05) is 50.2 Å². The van der Waals surface area contributed by atoms with Crippen molar-refractivity contribution >= 4 is 11.6 Å². The van der Waals surface area contributed by atoms with Gasteiger partial charge in [-0.15, -0.1) is 20.4 Å². The summed E-state index contributed by atoms with van der Waals surface area (Å²) < 4.78 is 11.1. The Hall–Kier alpha value is -4.59. The van der Waals surface area contributed by atoms with Gasteiger partial charge in [-0.05, 0) is 67.4 Å². The first kappa shape index (κ1) is 20.3. The van der Waals surface area contributed by atoms with Crippen LogP contribution in [0, 0.1) is 13.8 Å². The molecule has 0 atom stereocenters. The Labute approximate surface area is 189 Å². The molecule has 1 N–H and O–H groups in total. The minimum Gasteiger partial charge on any atom is -0.423 e. The van der Waals surface area contributed by atoms with Crippen molar-refractivity contribution in [2.24, 2.45) is 0 Å². The van der Waals surface area contributed by atoms with Gasteiger partial charge in [0.05, 0.1) is 0 Å². The molecule has 2 heterocycles. The van der Waals surface area contributed by atoms with E-state index < -0.39 is 0 Å². The average Bonchev–Trinajstić information content (AvgIpc) is 3.54. The van der Waals surface area contributed by atoms with Crippen LogP contribution in [0.5, 0.6) is 0 Å². The first-order valence-electron chi connectivity index (χ1n) is 10.3. The second-order valence-electron chi connectivity index (χ2n) is 7.53. The van der Waals surface area contributed by atoms with Gasteiger partial charge in [-0.3, -0.25) is 4.79 Å². The molecule has 0 aliphatic heterocycles. The summed E-state index contributed by atoms with van der Waals surface area (Å²) in [5.41, 5.74) is 5.49. The van der Waals surface area contributed by atoms with Gasteiger partial charge in [-0.2, -0.15) is 0 Å². The molecule has 33 heavy (non-hydrogen) atoms. The van der Waals surface area contributed by atoms with Crippen LogP contribution in [0.15, 0.2) is 82.0 Å². The lowest BCUT2D eigenvalue weighted by atomic mass is 10.1. The molecule has 5 rings (SSSR count). The average molecular weight is 437 g/mol. The molecule has 1 amide bonds. The van der Waals surface area contributed by atoms with Crippen molar-refractivity contribution in [1.82, 2.24) is 20.4 Å². The van der Waals surface area contributed by atoms with E-state index in [1.54, 1.807) is 30.3 Å². The molecular weight excluding hydrogens is 418 g/mol. The fourth-order valence-electron chi connectivity index (χ4n) is 3.41. The summed E-state index contributed by atoms with van der Waals surface area (Å²) >= 11 is 0. The predicted molar refractivity (Wildman–Crippen MR) is 122 cm³/mol. The fraction of sp³-hybridized carbons (Fsp3) is 0.0800. The van der Waals surface area contributed by atoms with Crippen molar-refractivity contribution in [2.45, 2.75) is 13.8 Å². The summed E-state index contributed by atoms with van der Waals surface area (Å²) in [6.45, 7) is 3.91. The number of nitrogens with zero attached hydrogens (tertiary/aromatic N) is 4. The summed E-state index contributed by atoms with van der Waals surface area (Å²) in [7, 11) is 0. The SMILES string of the molecule is Cc1ccc(-c2nnco2)cc1NC(=O)c1ccc(-c2nnc(-c3ccccc3C)o2)cc1. The minimum absolute atomic E-state index is 0.238. The van der Waals surface area contributed by atoms with Crippen LogP contribution in [0.3, 0.4) is 0 Å². The van der Waals surface area contributed by atoms with E-state index in [2.05, 4.69) is 25.7 Å². The van der Waals surface area contributed by atoms with Gasteiger partial charge in [-0.25, -0.2) is 0 Å². The second-order valence-corrected chi connectivity index (χ2v) is 7.53. The van der Waals surface area contributed by atoms with Gasteiger partial charge in [0.2, 0.25) is 24.1 Å². The van der Waals surface area contributed by atoms with E-state index in [4.69, 9.17) is 8.83 Å². The number of hydrogen-bond donors (Lipinski definition) is 1. The number of anilines is 1. The van der Waals surface area contributed by atoms with Gasteiger partial charge in [0.1, 0.15) is 0 Å².